The van der Waals surface area contributed by atoms with Crippen LogP contribution >= 0.6 is 11.8 Å². The summed E-state index contributed by atoms with van der Waals surface area (Å²) in [6, 6.07) is 0.745. The SMILES string of the molecule is CSC#CCN1CCCC[C@H]1C. The lowest BCUT2D eigenvalue weighted by molar-refractivity contribution is 0.182. The zero-order valence-electron chi connectivity index (χ0n) is 7.97. The van der Waals surface area contributed by atoms with Gasteiger partial charge in [0.15, 0.2) is 0 Å². The molecule has 0 N–H and O–H groups in total. The number of rotatable bonds is 1. The molecule has 1 aliphatic heterocycles. The maximum absolute atomic E-state index is 3.17. The Bertz CT molecular complexity index is 180. The quantitative estimate of drug-likeness (QED) is 0.573. The van der Waals surface area contributed by atoms with E-state index in [1.165, 1.54) is 25.8 Å². The van der Waals surface area contributed by atoms with Gasteiger partial charge in [0, 0.05) is 6.04 Å². The molecule has 1 rings (SSSR count). The summed E-state index contributed by atoms with van der Waals surface area (Å²) >= 11 is 1.60. The summed E-state index contributed by atoms with van der Waals surface area (Å²) in [6.45, 7) is 4.51. The van der Waals surface area contributed by atoms with Crippen LogP contribution in [0.1, 0.15) is 26.2 Å². The van der Waals surface area contributed by atoms with E-state index in [0.717, 1.165) is 12.6 Å². The molecule has 0 spiro atoms. The number of thioether (sulfide) groups is 1. The highest BCUT2D eigenvalue weighted by molar-refractivity contribution is 8.03. The van der Waals surface area contributed by atoms with Gasteiger partial charge in [0.2, 0.25) is 0 Å². The van der Waals surface area contributed by atoms with E-state index in [0.29, 0.717) is 0 Å². The average Bonchev–Trinajstić information content (AvgIpc) is 2.09. The molecule has 1 heterocycles. The summed E-state index contributed by atoms with van der Waals surface area (Å²) < 4.78 is 0. The Hall–Kier alpha value is -0.130. The summed E-state index contributed by atoms with van der Waals surface area (Å²) in [5.74, 6) is 3.17. The Labute approximate surface area is 79.9 Å². The van der Waals surface area contributed by atoms with Crippen LogP contribution in [0.4, 0.5) is 0 Å². The van der Waals surface area contributed by atoms with Crippen LogP contribution in [0, 0.1) is 11.2 Å². The van der Waals surface area contributed by atoms with Gasteiger partial charge < -0.3 is 0 Å². The molecule has 1 fully saturated rings. The molecule has 1 nitrogen and oxygen atoms in total. The number of hydrogen-bond donors (Lipinski definition) is 0. The molecule has 0 aromatic carbocycles. The van der Waals surface area contributed by atoms with Crippen LogP contribution in [0.2, 0.25) is 0 Å². The fourth-order valence-electron chi connectivity index (χ4n) is 1.60. The molecule has 68 valence electrons. The van der Waals surface area contributed by atoms with Gasteiger partial charge in [-0.05, 0) is 37.8 Å². The first kappa shape index (κ1) is 9.95. The molecular weight excluding hydrogens is 166 g/mol. The van der Waals surface area contributed by atoms with Crippen LogP contribution in [0.25, 0.3) is 0 Å². The van der Waals surface area contributed by atoms with Crippen molar-refractivity contribution in [3.63, 3.8) is 0 Å². The number of likely N-dealkylation sites (tertiary alicyclic amines) is 1. The van der Waals surface area contributed by atoms with Gasteiger partial charge in [0.1, 0.15) is 0 Å². The maximum Gasteiger partial charge on any atom is 0.0612 e. The molecule has 0 aliphatic carbocycles. The van der Waals surface area contributed by atoms with Gasteiger partial charge in [-0.25, -0.2) is 0 Å². The summed E-state index contributed by atoms with van der Waals surface area (Å²) in [6.07, 6.45) is 6.12. The first-order valence-electron chi connectivity index (χ1n) is 4.59. The molecule has 2 heteroatoms. The van der Waals surface area contributed by atoms with Crippen molar-refractivity contribution >= 4 is 11.8 Å². The zero-order chi connectivity index (χ0) is 8.81. The lowest BCUT2D eigenvalue weighted by Crippen LogP contribution is -2.37. The Morgan fingerprint density at radius 1 is 1.50 bits per heavy atom. The van der Waals surface area contributed by atoms with Gasteiger partial charge in [-0.2, -0.15) is 0 Å². The van der Waals surface area contributed by atoms with E-state index in [4.69, 9.17) is 0 Å². The molecule has 0 bridgehead atoms. The highest BCUT2D eigenvalue weighted by Crippen LogP contribution is 2.15. The van der Waals surface area contributed by atoms with Crippen molar-refractivity contribution in [2.24, 2.45) is 0 Å². The third-order valence-corrected chi connectivity index (χ3v) is 2.75. The number of piperidine rings is 1. The molecule has 0 unspecified atom stereocenters. The lowest BCUT2D eigenvalue weighted by atomic mass is 10.0. The largest absolute Gasteiger partial charge is 0.290 e. The second-order valence-corrected chi connectivity index (χ2v) is 3.91. The van der Waals surface area contributed by atoms with Crippen LogP contribution in [-0.4, -0.2) is 30.3 Å². The van der Waals surface area contributed by atoms with Gasteiger partial charge in [0.05, 0.1) is 6.54 Å². The minimum atomic E-state index is 0.745. The van der Waals surface area contributed by atoms with Gasteiger partial charge in [-0.1, -0.05) is 24.1 Å². The van der Waals surface area contributed by atoms with Gasteiger partial charge in [-0.3, -0.25) is 4.90 Å². The molecule has 0 aromatic heterocycles. The Kier molecular flexibility index (Phi) is 4.57. The predicted octanol–water partition coefficient (Wildman–Crippen LogP) is 2.18. The first-order valence-corrected chi connectivity index (χ1v) is 5.82. The topological polar surface area (TPSA) is 3.24 Å². The number of hydrogen-bond acceptors (Lipinski definition) is 2. The Balaban J connectivity index is 2.29. The van der Waals surface area contributed by atoms with E-state index in [1.807, 2.05) is 6.26 Å². The van der Waals surface area contributed by atoms with E-state index in [1.54, 1.807) is 11.8 Å². The summed E-state index contributed by atoms with van der Waals surface area (Å²) in [5, 5.41) is 3.04. The fourth-order valence-corrected chi connectivity index (χ4v) is 1.81. The molecule has 0 aromatic rings. The van der Waals surface area contributed by atoms with Gasteiger partial charge in [0.25, 0.3) is 0 Å². The summed E-state index contributed by atoms with van der Waals surface area (Å²) in [5.41, 5.74) is 0. The molecule has 0 radical (unpaired) electrons. The van der Waals surface area contributed by atoms with Crippen LogP contribution in [0.5, 0.6) is 0 Å². The summed E-state index contributed by atoms with van der Waals surface area (Å²) in [4.78, 5) is 2.48. The van der Waals surface area contributed by atoms with Crippen LogP contribution < -0.4 is 0 Å². The molecule has 12 heavy (non-hydrogen) atoms. The second-order valence-electron chi connectivity index (χ2n) is 3.30. The third-order valence-electron chi connectivity index (χ3n) is 2.40. The standard InChI is InChI=1S/C10H17NS/c1-10-6-3-4-7-11(10)8-5-9-12-2/h10H,3-4,6-8H2,1-2H3/t10-/m1/s1. The second kappa shape index (κ2) is 5.50. The third kappa shape index (κ3) is 3.08. The maximum atomic E-state index is 3.17. The highest BCUT2D eigenvalue weighted by Gasteiger charge is 2.16. The van der Waals surface area contributed by atoms with E-state index in [9.17, 15) is 0 Å². The van der Waals surface area contributed by atoms with E-state index in [-0.39, 0.29) is 0 Å². The van der Waals surface area contributed by atoms with Crippen molar-refractivity contribution in [1.29, 1.82) is 0 Å². The van der Waals surface area contributed by atoms with Crippen molar-refractivity contribution in [3.05, 3.63) is 0 Å². The summed E-state index contributed by atoms with van der Waals surface area (Å²) in [7, 11) is 0. The average molecular weight is 183 g/mol. The van der Waals surface area contributed by atoms with Crippen LogP contribution in [0.15, 0.2) is 0 Å². The molecule has 1 atom stereocenters. The predicted molar refractivity (Wildman–Crippen MR) is 56.2 cm³/mol. The number of nitrogens with zero attached hydrogens (tertiary/aromatic N) is 1. The Morgan fingerprint density at radius 3 is 3.00 bits per heavy atom. The van der Waals surface area contributed by atoms with Gasteiger partial charge in [-0.15, -0.1) is 0 Å². The zero-order valence-corrected chi connectivity index (χ0v) is 8.78. The van der Waals surface area contributed by atoms with Crippen LogP contribution in [0.3, 0.4) is 0 Å². The molecular formula is C10H17NS. The normalized spacial score (nSPS) is 24.7. The minimum Gasteiger partial charge on any atom is -0.290 e. The van der Waals surface area contributed by atoms with E-state index >= 15 is 0 Å². The smallest absolute Gasteiger partial charge is 0.0612 e. The Morgan fingerprint density at radius 2 is 2.33 bits per heavy atom. The van der Waals surface area contributed by atoms with E-state index < -0.39 is 0 Å². The first-order chi connectivity index (χ1) is 5.84. The van der Waals surface area contributed by atoms with Gasteiger partial charge >= 0.3 is 0 Å². The highest BCUT2D eigenvalue weighted by atomic mass is 32.2. The fraction of sp³-hybridized carbons (Fsp3) is 0.800. The lowest BCUT2D eigenvalue weighted by Gasteiger charge is -2.31. The monoisotopic (exact) mass is 183 g/mol. The van der Waals surface area contributed by atoms with Crippen molar-refractivity contribution in [2.75, 3.05) is 19.3 Å². The van der Waals surface area contributed by atoms with Crippen molar-refractivity contribution in [2.45, 2.75) is 32.2 Å². The van der Waals surface area contributed by atoms with Crippen LogP contribution in [-0.2, 0) is 0 Å². The van der Waals surface area contributed by atoms with Crippen molar-refractivity contribution in [1.82, 2.24) is 4.90 Å². The molecule has 0 saturated carbocycles. The molecule has 1 saturated heterocycles. The van der Waals surface area contributed by atoms with E-state index in [2.05, 4.69) is 23.0 Å². The van der Waals surface area contributed by atoms with Crippen molar-refractivity contribution < 1.29 is 0 Å². The molecule has 1 aliphatic rings. The van der Waals surface area contributed by atoms with Crippen molar-refractivity contribution in [3.8, 4) is 11.2 Å². The molecule has 0 amide bonds. The minimum absolute atomic E-state index is 0.745.